The molecule has 0 aliphatic carbocycles. The number of H-pyrrole nitrogens is 1. The van der Waals surface area contributed by atoms with Crippen LogP contribution in [-0.2, 0) is 20.0 Å². The van der Waals surface area contributed by atoms with Crippen LogP contribution in [0.15, 0.2) is 65.7 Å². The van der Waals surface area contributed by atoms with E-state index < -0.39 is 0 Å². The summed E-state index contributed by atoms with van der Waals surface area (Å²) in [5.74, 6) is 3.07. The highest BCUT2D eigenvalue weighted by atomic mass is 16.3. The molecule has 0 fully saturated rings. The van der Waals surface area contributed by atoms with E-state index in [1.54, 1.807) is 12.5 Å². The zero-order valence-electron chi connectivity index (χ0n) is 14.8. The number of fused-ring (bicyclic) bond motifs is 1. The molecule has 134 valence electrons. The van der Waals surface area contributed by atoms with Crippen LogP contribution in [0, 0.1) is 0 Å². The second-order valence-electron chi connectivity index (χ2n) is 6.42. The monoisotopic (exact) mass is 358 g/mol. The van der Waals surface area contributed by atoms with Crippen molar-refractivity contribution in [3.8, 4) is 23.2 Å². The van der Waals surface area contributed by atoms with Crippen molar-refractivity contribution in [2.24, 2.45) is 7.05 Å². The maximum atomic E-state index is 6.12. The molecule has 5 rings (SSSR count). The number of furan rings is 1. The molecule has 0 unspecified atom stereocenters. The molecule has 0 radical (unpaired) electrons. The zero-order chi connectivity index (χ0) is 18.2. The minimum atomic E-state index is 0.728. The third-order valence-electron chi connectivity index (χ3n) is 4.73. The minimum absolute atomic E-state index is 0.728. The van der Waals surface area contributed by atoms with Crippen molar-refractivity contribution in [3.05, 3.63) is 67.0 Å². The van der Waals surface area contributed by atoms with Gasteiger partial charge in [0.05, 0.1) is 17.4 Å². The molecule has 0 saturated heterocycles. The molecule has 5 aromatic rings. The molecule has 1 aromatic carbocycles. The van der Waals surface area contributed by atoms with Crippen molar-refractivity contribution >= 4 is 11.0 Å². The van der Waals surface area contributed by atoms with Gasteiger partial charge in [-0.15, -0.1) is 0 Å². The van der Waals surface area contributed by atoms with Gasteiger partial charge in [0.25, 0.3) is 0 Å². The fraction of sp³-hybridized carbons (Fsp3) is 0.150. The van der Waals surface area contributed by atoms with Gasteiger partial charge in [-0.05, 0) is 24.3 Å². The number of aryl methyl sites for hydroxylation is 3. The van der Waals surface area contributed by atoms with Crippen molar-refractivity contribution in [2.75, 3.05) is 0 Å². The normalized spacial score (nSPS) is 11.4. The molecule has 7 heteroatoms. The first-order valence-corrected chi connectivity index (χ1v) is 8.80. The first-order chi connectivity index (χ1) is 13.3. The van der Waals surface area contributed by atoms with E-state index in [4.69, 9.17) is 9.40 Å². The number of hydrogen-bond acceptors (Lipinski definition) is 4. The molecule has 7 nitrogen and oxygen atoms in total. The number of para-hydroxylation sites is 2. The number of aromatic nitrogens is 6. The van der Waals surface area contributed by atoms with Crippen LogP contribution < -0.4 is 0 Å². The van der Waals surface area contributed by atoms with E-state index >= 15 is 0 Å². The van der Waals surface area contributed by atoms with Crippen LogP contribution in [-0.4, -0.2) is 29.1 Å². The van der Waals surface area contributed by atoms with Crippen molar-refractivity contribution in [3.63, 3.8) is 0 Å². The van der Waals surface area contributed by atoms with E-state index in [9.17, 15) is 0 Å². The Hall–Kier alpha value is -3.61. The molecule has 0 amide bonds. The number of benzene rings is 1. The van der Waals surface area contributed by atoms with Gasteiger partial charge < -0.3 is 18.5 Å². The van der Waals surface area contributed by atoms with Crippen LogP contribution in [0.1, 0.15) is 5.69 Å². The first kappa shape index (κ1) is 15.6. The topological polar surface area (TPSA) is 77.5 Å². The highest BCUT2D eigenvalue weighted by Gasteiger charge is 2.16. The Morgan fingerprint density at radius 1 is 1.07 bits per heavy atom. The van der Waals surface area contributed by atoms with Crippen LogP contribution in [0.4, 0.5) is 0 Å². The van der Waals surface area contributed by atoms with Crippen LogP contribution in [0.5, 0.6) is 0 Å². The van der Waals surface area contributed by atoms with E-state index in [1.165, 1.54) is 0 Å². The number of hydrogen-bond donors (Lipinski definition) is 1. The largest absolute Gasteiger partial charge is 0.450 e. The van der Waals surface area contributed by atoms with Crippen molar-refractivity contribution < 1.29 is 4.42 Å². The molecule has 0 spiro atoms. The summed E-state index contributed by atoms with van der Waals surface area (Å²) in [6, 6.07) is 12.0. The summed E-state index contributed by atoms with van der Waals surface area (Å²) in [6.07, 6.45) is 8.14. The lowest BCUT2D eigenvalue weighted by molar-refractivity contribution is 0.573. The van der Waals surface area contributed by atoms with Crippen molar-refractivity contribution in [2.45, 2.75) is 13.0 Å². The zero-order valence-corrected chi connectivity index (χ0v) is 14.8. The lowest BCUT2D eigenvalue weighted by atomic mass is 10.3. The summed E-state index contributed by atoms with van der Waals surface area (Å²) < 4.78 is 10.2. The Balaban J connectivity index is 1.46. The van der Waals surface area contributed by atoms with Crippen LogP contribution in [0.3, 0.4) is 0 Å². The van der Waals surface area contributed by atoms with Gasteiger partial charge >= 0.3 is 0 Å². The number of aromatic amines is 1. The van der Waals surface area contributed by atoms with Crippen LogP contribution in [0.2, 0.25) is 0 Å². The Morgan fingerprint density at radius 3 is 2.74 bits per heavy atom. The summed E-state index contributed by atoms with van der Waals surface area (Å²) in [7, 11) is 2.00. The second kappa shape index (κ2) is 6.28. The van der Waals surface area contributed by atoms with E-state index in [0.29, 0.717) is 0 Å². The van der Waals surface area contributed by atoms with Gasteiger partial charge in [-0.3, -0.25) is 0 Å². The summed E-state index contributed by atoms with van der Waals surface area (Å²) in [5.41, 5.74) is 3.12. The van der Waals surface area contributed by atoms with E-state index in [1.807, 2.05) is 54.3 Å². The van der Waals surface area contributed by atoms with E-state index in [-0.39, 0.29) is 0 Å². The van der Waals surface area contributed by atoms with E-state index in [2.05, 4.69) is 25.6 Å². The van der Waals surface area contributed by atoms with Gasteiger partial charge in [-0.25, -0.2) is 15.0 Å². The predicted molar refractivity (Wildman–Crippen MR) is 102 cm³/mol. The third-order valence-corrected chi connectivity index (χ3v) is 4.73. The second-order valence-corrected chi connectivity index (χ2v) is 6.42. The number of nitrogens with one attached hydrogen (secondary N) is 1. The number of nitrogens with zero attached hydrogens (tertiary/aromatic N) is 5. The Morgan fingerprint density at radius 2 is 1.93 bits per heavy atom. The van der Waals surface area contributed by atoms with Gasteiger partial charge in [0.1, 0.15) is 0 Å². The third kappa shape index (κ3) is 2.73. The number of imidazole rings is 3. The smallest absolute Gasteiger partial charge is 0.177 e. The quantitative estimate of drug-likeness (QED) is 0.520. The van der Waals surface area contributed by atoms with Gasteiger partial charge in [0, 0.05) is 44.3 Å². The van der Waals surface area contributed by atoms with Gasteiger partial charge in [-0.1, -0.05) is 12.1 Å². The van der Waals surface area contributed by atoms with Crippen LogP contribution in [0.25, 0.3) is 34.2 Å². The predicted octanol–water partition coefficient (Wildman–Crippen LogP) is 3.66. The minimum Gasteiger partial charge on any atom is -0.450 e. The molecular formula is C20H18N6O. The maximum absolute atomic E-state index is 6.12. The Bertz CT molecular complexity index is 1190. The average molecular weight is 358 g/mol. The first-order valence-electron chi connectivity index (χ1n) is 8.80. The fourth-order valence-corrected chi connectivity index (χ4v) is 3.32. The SMILES string of the molecule is Cn1c(-c2ccc(-c3nccn3CCc3cnc[nH]3)o2)nc2ccccc21. The maximum Gasteiger partial charge on any atom is 0.177 e. The number of rotatable bonds is 5. The van der Waals surface area contributed by atoms with Gasteiger partial charge in [0.15, 0.2) is 23.2 Å². The molecule has 27 heavy (non-hydrogen) atoms. The molecule has 0 aliphatic heterocycles. The van der Waals surface area contributed by atoms with E-state index in [0.717, 1.165) is 52.9 Å². The standard InChI is InChI=1S/C20H18N6O/c1-25-16-5-3-2-4-15(16)24-20(25)18-7-6-17(27-18)19-22-9-11-26(19)10-8-14-12-21-13-23-14/h2-7,9,11-13H,8,10H2,1H3,(H,21,23). The molecular weight excluding hydrogens is 340 g/mol. The summed E-state index contributed by atoms with van der Waals surface area (Å²) in [6.45, 7) is 0.792. The lowest BCUT2D eigenvalue weighted by Gasteiger charge is -2.05. The summed E-state index contributed by atoms with van der Waals surface area (Å²) in [5, 5.41) is 0. The molecule has 0 aliphatic rings. The summed E-state index contributed by atoms with van der Waals surface area (Å²) >= 11 is 0. The molecule has 1 N–H and O–H groups in total. The highest BCUT2D eigenvalue weighted by molar-refractivity contribution is 5.79. The Kier molecular flexibility index (Phi) is 3.64. The van der Waals surface area contributed by atoms with Crippen molar-refractivity contribution in [1.29, 1.82) is 0 Å². The molecule has 0 bridgehead atoms. The van der Waals surface area contributed by atoms with Gasteiger partial charge in [0.2, 0.25) is 0 Å². The fourth-order valence-electron chi connectivity index (χ4n) is 3.32. The lowest BCUT2D eigenvalue weighted by Crippen LogP contribution is -2.02. The van der Waals surface area contributed by atoms with Gasteiger partial charge in [-0.2, -0.15) is 0 Å². The molecule has 4 heterocycles. The van der Waals surface area contributed by atoms with Crippen LogP contribution >= 0.6 is 0 Å². The molecule has 0 atom stereocenters. The summed E-state index contributed by atoms with van der Waals surface area (Å²) in [4.78, 5) is 16.4. The molecule has 4 aromatic heterocycles. The Labute approximate surface area is 155 Å². The van der Waals surface area contributed by atoms with Crippen molar-refractivity contribution in [1.82, 2.24) is 29.1 Å². The molecule has 0 saturated carbocycles. The average Bonchev–Trinajstić information content (AvgIpc) is 3.47. The highest BCUT2D eigenvalue weighted by Crippen LogP contribution is 2.29.